The maximum absolute atomic E-state index is 12.1. The van der Waals surface area contributed by atoms with E-state index in [2.05, 4.69) is 30.4 Å². The zero-order valence-corrected chi connectivity index (χ0v) is 10.6. The number of hydrogen-bond acceptors (Lipinski definition) is 3. The second-order valence-electron chi connectivity index (χ2n) is 5.04. The van der Waals surface area contributed by atoms with E-state index < -0.39 is 0 Å². The highest BCUT2D eigenvalue weighted by molar-refractivity contribution is 5.91. The normalized spacial score (nSPS) is 20.5. The lowest BCUT2D eigenvalue weighted by Gasteiger charge is -2.37. The van der Waals surface area contributed by atoms with Crippen LogP contribution in [0.4, 0.5) is 10.5 Å². The lowest BCUT2D eigenvalue weighted by Crippen LogP contribution is -2.48. The molecule has 1 saturated heterocycles. The third-order valence-electron chi connectivity index (χ3n) is 3.72. The van der Waals surface area contributed by atoms with Crippen molar-refractivity contribution in [2.75, 3.05) is 18.0 Å². The molecular formula is C14H18N2O2. The predicted molar refractivity (Wildman–Crippen MR) is 69.7 cm³/mol. The highest BCUT2D eigenvalue weighted by Crippen LogP contribution is 2.31. The molecule has 0 radical (unpaired) electrons. The van der Waals surface area contributed by atoms with E-state index in [1.165, 1.54) is 5.56 Å². The van der Waals surface area contributed by atoms with E-state index in [-0.39, 0.29) is 12.1 Å². The predicted octanol–water partition coefficient (Wildman–Crippen LogP) is 2.20. The van der Waals surface area contributed by atoms with Crippen LogP contribution in [0.2, 0.25) is 0 Å². The third kappa shape index (κ3) is 1.97. The van der Waals surface area contributed by atoms with Crippen molar-refractivity contribution in [3.05, 3.63) is 29.3 Å². The van der Waals surface area contributed by atoms with Crippen molar-refractivity contribution in [3.8, 4) is 0 Å². The molecule has 4 nitrogen and oxygen atoms in total. The molecule has 18 heavy (non-hydrogen) atoms. The molecular weight excluding hydrogens is 228 g/mol. The number of rotatable bonds is 1. The maximum Gasteiger partial charge on any atom is 0.414 e. The van der Waals surface area contributed by atoms with Gasteiger partial charge < -0.3 is 10.1 Å². The number of fused-ring (bicyclic) bond motifs is 1. The Kier molecular flexibility index (Phi) is 2.96. The van der Waals surface area contributed by atoms with E-state index in [0.29, 0.717) is 6.61 Å². The highest BCUT2D eigenvalue weighted by Gasteiger charge is 2.32. The van der Waals surface area contributed by atoms with Crippen molar-refractivity contribution in [2.45, 2.75) is 32.4 Å². The zero-order valence-electron chi connectivity index (χ0n) is 10.6. The van der Waals surface area contributed by atoms with Gasteiger partial charge in [-0.2, -0.15) is 0 Å². The molecule has 0 aromatic heterocycles. The van der Waals surface area contributed by atoms with E-state index in [4.69, 9.17) is 4.74 Å². The number of carbonyl (C=O) groups is 1. The number of benzene rings is 1. The molecule has 1 aromatic rings. The molecule has 0 spiro atoms. The van der Waals surface area contributed by atoms with E-state index in [0.717, 1.165) is 37.2 Å². The van der Waals surface area contributed by atoms with Crippen LogP contribution in [0.25, 0.3) is 0 Å². The van der Waals surface area contributed by atoms with Gasteiger partial charge in [0.05, 0.1) is 5.69 Å². The smallest absolute Gasteiger partial charge is 0.414 e. The minimum Gasteiger partial charge on any atom is -0.444 e. The van der Waals surface area contributed by atoms with Gasteiger partial charge in [0.1, 0.15) is 6.61 Å². The van der Waals surface area contributed by atoms with Crippen molar-refractivity contribution in [2.24, 2.45) is 0 Å². The van der Waals surface area contributed by atoms with Crippen molar-refractivity contribution in [3.63, 3.8) is 0 Å². The van der Waals surface area contributed by atoms with Gasteiger partial charge in [0.2, 0.25) is 0 Å². The summed E-state index contributed by atoms with van der Waals surface area (Å²) in [6, 6.07) is 6.49. The van der Waals surface area contributed by atoms with E-state index in [9.17, 15) is 4.79 Å². The van der Waals surface area contributed by atoms with Crippen LogP contribution in [-0.4, -0.2) is 25.2 Å². The van der Waals surface area contributed by atoms with E-state index in [1.807, 2.05) is 4.90 Å². The Morgan fingerprint density at radius 1 is 1.33 bits per heavy atom. The Morgan fingerprint density at radius 3 is 2.89 bits per heavy atom. The standard InChI is InChI=1S/C14H18N2O2/c1-10-2-3-11-9-18-14(17)16(13(11)8-10)12-4-6-15-7-5-12/h2-3,8,12,15H,4-7,9H2,1H3. The highest BCUT2D eigenvalue weighted by atomic mass is 16.6. The van der Waals surface area contributed by atoms with Gasteiger partial charge in [0, 0.05) is 11.6 Å². The number of anilines is 1. The molecule has 0 atom stereocenters. The van der Waals surface area contributed by atoms with Gasteiger partial charge in [0.15, 0.2) is 0 Å². The van der Waals surface area contributed by atoms with Crippen LogP contribution >= 0.6 is 0 Å². The molecule has 1 fully saturated rings. The molecule has 0 aliphatic carbocycles. The fourth-order valence-corrected chi connectivity index (χ4v) is 2.74. The molecule has 2 aliphatic heterocycles. The summed E-state index contributed by atoms with van der Waals surface area (Å²) in [5.74, 6) is 0. The van der Waals surface area contributed by atoms with Crippen LogP contribution < -0.4 is 10.2 Å². The number of nitrogens with one attached hydrogen (secondary N) is 1. The van der Waals surface area contributed by atoms with E-state index in [1.54, 1.807) is 0 Å². The lowest BCUT2D eigenvalue weighted by molar-refractivity contribution is 0.137. The molecule has 0 unspecified atom stereocenters. The number of ether oxygens (including phenoxy) is 1. The van der Waals surface area contributed by atoms with Crippen molar-refractivity contribution in [1.82, 2.24) is 5.32 Å². The largest absolute Gasteiger partial charge is 0.444 e. The zero-order chi connectivity index (χ0) is 12.5. The number of carbonyl (C=O) groups excluding carboxylic acids is 1. The fraction of sp³-hybridized carbons (Fsp3) is 0.500. The third-order valence-corrected chi connectivity index (χ3v) is 3.72. The van der Waals surface area contributed by atoms with Crippen LogP contribution in [0.5, 0.6) is 0 Å². The first kappa shape index (κ1) is 11.5. The molecule has 4 heteroatoms. The van der Waals surface area contributed by atoms with Gasteiger partial charge in [0.25, 0.3) is 0 Å². The average molecular weight is 246 g/mol. The van der Waals surface area contributed by atoms with Crippen LogP contribution in [0.15, 0.2) is 18.2 Å². The van der Waals surface area contributed by atoms with Crippen LogP contribution in [0.1, 0.15) is 24.0 Å². The summed E-state index contributed by atoms with van der Waals surface area (Å²) >= 11 is 0. The molecule has 1 aromatic carbocycles. The van der Waals surface area contributed by atoms with Crippen molar-refractivity contribution in [1.29, 1.82) is 0 Å². The summed E-state index contributed by atoms with van der Waals surface area (Å²) in [6.45, 7) is 4.39. The van der Waals surface area contributed by atoms with Crippen molar-refractivity contribution < 1.29 is 9.53 Å². The number of piperidine rings is 1. The van der Waals surface area contributed by atoms with Crippen LogP contribution in [-0.2, 0) is 11.3 Å². The molecule has 3 rings (SSSR count). The summed E-state index contributed by atoms with van der Waals surface area (Å²) in [5.41, 5.74) is 3.33. The Labute approximate surface area is 107 Å². The van der Waals surface area contributed by atoms with Gasteiger partial charge in [-0.05, 0) is 44.5 Å². The molecule has 1 amide bonds. The second kappa shape index (κ2) is 4.61. The monoisotopic (exact) mass is 246 g/mol. The SMILES string of the molecule is Cc1ccc2c(c1)N(C1CCNCC1)C(=O)OC2. The van der Waals surface area contributed by atoms with Gasteiger partial charge in [-0.25, -0.2) is 4.79 Å². The van der Waals surface area contributed by atoms with Crippen LogP contribution in [0.3, 0.4) is 0 Å². The Balaban J connectivity index is 1.97. The average Bonchev–Trinajstić information content (AvgIpc) is 2.39. The summed E-state index contributed by atoms with van der Waals surface area (Å²) < 4.78 is 5.28. The minimum absolute atomic E-state index is 0.194. The number of amides is 1. The van der Waals surface area contributed by atoms with Gasteiger partial charge in [-0.3, -0.25) is 4.90 Å². The Hall–Kier alpha value is -1.55. The van der Waals surface area contributed by atoms with Crippen LogP contribution in [0, 0.1) is 6.92 Å². The molecule has 0 bridgehead atoms. The van der Waals surface area contributed by atoms with Gasteiger partial charge in [-0.15, -0.1) is 0 Å². The number of aryl methyl sites for hydroxylation is 1. The molecule has 96 valence electrons. The first-order valence-electron chi connectivity index (χ1n) is 6.52. The maximum atomic E-state index is 12.1. The first-order chi connectivity index (χ1) is 8.75. The second-order valence-corrected chi connectivity index (χ2v) is 5.04. The summed E-state index contributed by atoms with van der Waals surface area (Å²) in [4.78, 5) is 13.9. The summed E-state index contributed by atoms with van der Waals surface area (Å²) in [7, 11) is 0. The molecule has 0 saturated carbocycles. The fourth-order valence-electron chi connectivity index (χ4n) is 2.74. The molecule has 2 aliphatic rings. The Bertz CT molecular complexity index is 467. The summed E-state index contributed by atoms with van der Waals surface area (Å²) in [5, 5.41) is 3.33. The quantitative estimate of drug-likeness (QED) is 0.826. The molecule has 1 N–H and O–H groups in total. The Morgan fingerprint density at radius 2 is 2.11 bits per heavy atom. The summed E-state index contributed by atoms with van der Waals surface area (Å²) in [6.07, 6.45) is 1.78. The van der Waals surface area contributed by atoms with Gasteiger partial charge >= 0.3 is 6.09 Å². The topological polar surface area (TPSA) is 41.6 Å². The lowest BCUT2D eigenvalue weighted by atomic mass is 10.0. The first-order valence-corrected chi connectivity index (χ1v) is 6.52. The van der Waals surface area contributed by atoms with E-state index >= 15 is 0 Å². The number of nitrogens with zero attached hydrogens (tertiary/aromatic N) is 1. The number of hydrogen-bond donors (Lipinski definition) is 1. The van der Waals surface area contributed by atoms with Gasteiger partial charge in [-0.1, -0.05) is 12.1 Å². The molecule has 2 heterocycles. The number of cyclic esters (lactones) is 1. The van der Waals surface area contributed by atoms with Crippen molar-refractivity contribution >= 4 is 11.8 Å². The minimum atomic E-state index is -0.194.